The standard InChI is InChI=1S/C16H24ClNO3S/c1-2-3-12-22(19,20)18-13-16(8-10-21-11-9-16)14-4-6-15(17)7-5-14/h4-7,18H,2-3,8-13H2,1H3. The van der Waals surface area contributed by atoms with Gasteiger partial charge in [-0.25, -0.2) is 13.1 Å². The second-order valence-corrected chi connectivity index (χ2v) is 8.26. The van der Waals surface area contributed by atoms with E-state index in [4.69, 9.17) is 16.3 Å². The maximum Gasteiger partial charge on any atom is 0.211 e. The molecule has 0 spiro atoms. The second-order valence-electron chi connectivity index (χ2n) is 5.89. The van der Waals surface area contributed by atoms with Crippen molar-refractivity contribution in [1.82, 2.24) is 4.72 Å². The number of hydrogen-bond donors (Lipinski definition) is 1. The van der Waals surface area contributed by atoms with E-state index in [0.717, 1.165) is 24.8 Å². The van der Waals surface area contributed by atoms with Gasteiger partial charge in [0.1, 0.15) is 0 Å². The highest BCUT2D eigenvalue weighted by molar-refractivity contribution is 7.89. The van der Waals surface area contributed by atoms with E-state index < -0.39 is 10.0 Å². The molecule has 0 atom stereocenters. The molecule has 0 saturated carbocycles. The van der Waals surface area contributed by atoms with Crippen LogP contribution in [0.25, 0.3) is 0 Å². The Morgan fingerprint density at radius 2 is 1.86 bits per heavy atom. The normalized spacial score (nSPS) is 18.3. The third-order valence-electron chi connectivity index (χ3n) is 4.30. The summed E-state index contributed by atoms with van der Waals surface area (Å²) in [7, 11) is -3.21. The molecule has 0 radical (unpaired) electrons. The van der Waals surface area contributed by atoms with Crippen molar-refractivity contribution in [2.45, 2.75) is 38.0 Å². The number of rotatable bonds is 7. The number of hydrogen-bond acceptors (Lipinski definition) is 3. The van der Waals surface area contributed by atoms with Gasteiger partial charge in [0.25, 0.3) is 0 Å². The molecule has 1 fully saturated rings. The first kappa shape index (κ1) is 17.7. The van der Waals surface area contributed by atoms with Crippen LogP contribution in [0.4, 0.5) is 0 Å². The van der Waals surface area contributed by atoms with Crippen LogP contribution >= 0.6 is 11.6 Å². The van der Waals surface area contributed by atoms with Crippen LogP contribution in [0.1, 0.15) is 38.2 Å². The van der Waals surface area contributed by atoms with Gasteiger partial charge >= 0.3 is 0 Å². The van der Waals surface area contributed by atoms with Gasteiger partial charge in [-0.1, -0.05) is 37.1 Å². The van der Waals surface area contributed by atoms with E-state index in [-0.39, 0.29) is 11.2 Å². The van der Waals surface area contributed by atoms with Crippen molar-refractivity contribution in [3.8, 4) is 0 Å². The van der Waals surface area contributed by atoms with Crippen molar-refractivity contribution in [2.75, 3.05) is 25.5 Å². The van der Waals surface area contributed by atoms with Crippen LogP contribution in [0.3, 0.4) is 0 Å². The topological polar surface area (TPSA) is 55.4 Å². The largest absolute Gasteiger partial charge is 0.381 e. The number of unbranched alkanes of at least 4 members (excludes halogenated alkanes) is 1. The molecule has 1 aliphatic rings. The van der Waals surface area contributed by atoms with Gasteiger partial charge in [0.05, 0.1) is 5.75 Å². The van der Waals surface area contributed by atoms with Gasteiger partial charge < -0.3 is 4.74 Å². The summed E-state index contributed by atoms with van der Waals surface area (Å²) in [5, 5.41) is 0.689. The number of sulfonamides is 1. The van der Waals surface area contributed by atoms with E-state index in [9.17, 15) is 8.42 Å². The van der Waals surface area contributed by atoms with Crippen LogP contribution in [0.2, 0.25) is 5.02 Å². The Labute approximate surface area is 138 Å². The quantitative estimate of drug-likeness (QED) is 0.826. The molecule has 4 nitrogen and oxygen atoms in total. The fourth-order valence-corrected chi connectivity index (χ4v) is 4.22. The zero-order valence-corrected chi connectivity index (χ0v) is 14.5. The van der Waals surface area contributed by atoms with Crippen molar-refractivity contribution in [1.29, 1.82) is 0 Å². The molecule has 124 valence electrons. The van der Waals surface area contributed by atoms with Crippen molar-refractivity contribution in [3.63, 3.8) is 0 Å². The van der Waals surface area contributed by atoms with E-state index >= 15 is 0 Å². The third kappa shape index (κ3) is 4.69. The van der Waals surface area contributed by atoms with E-state index in [1.807, 2.05) is 31.2 Å². The van der Waals surface area contributed by atoms with E-state index in [1.165, 1.54) is 0 Å². The maximum atomic E-state index is 12.1. The number of ether oxygens (including phenoxy) is 1. The van der Waals surface area contributed by atoms with Crippen LogP contribution in [0, 0.1) is 0 Å². The first-order valence-corrected chi connectivity index (χ1v) is 9.82. The van der Waals surface area contributed by atoms with Crippen LogP contribution in [-0.4, -0.2) is 33.9 Å². The molecular weight excluding hydrogens is 322 g/mol. The van der Waals surface area contributed by atoms with Gasteiger partial charge in [-0.05, 0) is 37.0 Å². The zero-order valence-electron chi connectivity index (χ0n) is 13.0. The van der Waals surface area contributed by atoms with Crippen LogP contribution in [0.15, 0.2) is 24.3 Å². The second kappa shape index (κ2) is 7.77. The van der Waals surface area contributed by atoms with Gasteiger partial charge in [0.2, 0.25) is 10.0 Å². The lowest BCUT2D eigenvalue weighted by Gasteiger charge is -2.38. The average Bonchev–Trinajstić information content (AvgIpc) is 2.53. The predicted octanol–water partition coefficient (Wildman–Crippen LogP) is 3.11. The lowest BCUT2D eigenvalue weighted by atomic mass is 9.74. The highest BCUT2D eigenvalue weighted by atomic mass is 35.5. The molecule has 1 saturated heterocycles. The van der Waals surface area contributed by atoms with Gasteiger partial charge in [0.15, 0.2) is 0 Å². The molecule has 1 aliphatic heterocycles. The molecule has 22 heavy (non-hydrogen) atoms. The summed E-state index contributed by atoms with van der Waals surface area (Å²) in [4.78, 5) is 0. The minimum absolute atomic E-state index is 0.191. The lowest BCUT2D eigenvalue weighted by molar-refractivity contribution is 0.0517. The fraction of sp³-hybridized carbons (Fsp3) is 0.625. The highest BCUT2D eigenvalue weighted by Crippen LogP contribution is 2.35. The molecule has 1 aromatic carbocycles. The molecule has 1 aromatic rings. The molecule has 0 aromatic heterocycles. The Balaban J connectivity index is 2.14. The van der Waals surface area contributed by atoms with E-state index in [1.54, 1.807) is 0 Å². The Kier molecular flexibility index (Phi) is 6.26. The van der Waals surface area contributed by atoms with Crippen LogP contribution in [0.5, 0.6) is 0 Å². The SMILES string of the molecule is CCCCS(=O)(=O)NCC1(c2ccc(Cl)cc2)CCOCC1. The number of nitrogens with one attached hydrogen (secondary N) is 1. The van der Waals surface area contributed by atoms with Crippen molar-refractivity contribution in [3.05, 3.63) is 34.9 Å². The third-order valence-corrected chi connectivity index (χ3v) is 5.97. The van der Waals surface area contributed by atoms with E-state index in [2.05, 4.69) is 4.72 Å². The van der Waals surface area contributed by atoms with Gasteiger partial charge in [-0.15, -0.1) is 0 Å². The smallest absolute Gasteiger partial charge is 0.211 e. The summed E-state index contributed by atoms with van der Waals surface area (Å²) < 4.78 is 32.5. The fourth-order valence-electron chi connectivity index (χ4n) is 2.79. The zero-order chi connectivity index (χ0) is 16.1. The summed E-state index contributed by atoms with van der Waals surface area (Å²) in [6.45, 7) is 3.71. The Morgan fingerprint density at radius 3 is 2.45 bits per heavy atom. The minimum atomic E-state index is -3.21. The van der Waals surface area contributed by atoms with Crippen molar-refractivity contribution >= 4 is 21.6 Å². The molecule has 0 unspecified atom stereocenters. The molecule has 6 heteroatoms. The lowest BCUT2D eigenvalue weighted by Crippen LogP contribution is -2.45. The summed E-state index contributed by atoms with van der Waals surface area (Å²) in [5.74, 6) is 0.191. The summed E-state index contributed by atoms with van der Waals surface area (Å²) in [6, 6.07) is 7.71. The van der Waals surface area contributed by atoms with E-state index in [0.29, 0.717) is 31.2 Å². The Morgan fingerprint density at radius 1 is 1.23 bits per heavy atom. The summed E-state index contributed by atoms with van der Waals surface area (Å²) >= 11 is 5.97. The molecule has 1 heterocycles. The molecule has 2 rings (SSSR count). The van der Waals surface area contributed by atoms with Gasteiger partial charge in [-0.2, -0.15) is 0 Å². The molecule has 0 aliphatic carbocycles. The molecule has 0 bridgehead atoms. The number of halogens is 1. The van der Waals surface area contributed by atoms with Gasteiger partial charge in [0, 0.05) is 30.2 Å². The van der Waals surface area contributed by atoms with Crippen LogP contribution < -0.4 is 4.72 Å². The molecular formula is C16H24ClNO3S. The predicted molar refractivity (Wildman–Crippen MR) is 89.9 cm³/mol. The minimum Gasteiger partial charge on any atom is -0.381 e. The average molecular weight is 346 g/mol. The molecule has 1 N–H and O–H groups in total. The summed E-state index contributed by atoms with van der Waals surface area (Å²) in [6.07, 6.45) is 3.18. The highest BCUT2D eigenvalue weighted by Gasteiger charge is 2.35. The Bertz CT molecular complexity index is 566. The van der Waals surface area contributed by atoms with Crippen molar-refractivity contribution < 1.29 is 13.2 Å². The molecule has 0 amide bonds. The number of benzene rings is 1. The van der Waals surface area contributed by atoms with Gasteiger partial charge in [-0.3, -0.25) is 0 Å². The maximum absolute atomic E-state index is 12.1. The Hall–Kier alpha value is -0.620. The summed E-state index contributed by atoms with van der Waals surface area (Å²) in [5.41, 5.74) is 0.917. The van der Waals surface area contributed by atoms with Crippen LogP contribution in [-0.2, 0) is 20.2 Å². The van der Waals surface area contributed by atoms with Crippen molar-refractivity contribution in [2.24, 2.45) is 0 Å². The monoisotopic (exact) mass is 345 g/mol. The first-order valence-electron chi connectivity index (χ1n) is 7.79. The first-order chi connectivity index (χ1) is 10.5.